The van der Waals surface area contributed by atoms with Crippen molar-refractivity contribution in [2.45, 2.75) is 200 Å². The number of rotatable bonds is 34. The molecule has 1 heterocycles. The summed E-state index contributed by atoms with van der Waals surface area (Å²) in [5, 5.41) is 2.49. The Morgan fingerprint density at radius 1 is 0.671 bits per heavy atom. The lowest BCUT2D eigenvalue weighted by molar-refractivity contribution is -0.180. The third-order valence-electron chi connectivity index (χ3n) is 11.5. The van der Waals surface area contributed by atoms with Crippen molar-refractivity contribution < 1.29 is 65.7 Å². The minimum Gasteiger partial charge on any atom is -0.462 e. The second-order valence-corrected chi connectivity index (χ2v) is 24.5. The summed E-state index contributed by atoms with van der Waals surface area (Å²) in [7, 11) is -4.93. The number of phosphoric ester groups is 1. The molecule has 1 fully saturated rings. The molecule has 22 heteroatoms. The van der Waals surface area contributed by atoms with Crippen molar-refractivity contribution >= 4 is 102 Å². The van der Waals surface area contributed by atoms with E-state index in [4.69, 9.17) is 112 Å². The monoisotopic (exact) mass is 1160 g/mol. The molecule has 2 aromatic carbocycles. The van der Waals surface area contributed by atoms with Crippen LogP contribution in [-0.4, -0.2) is 81.0 Å². The maximum absolute atomic E-state index is 15.1. The predicted octanol–water partition coefficient (Wildman–Crippen LogP) is 15.6. The molecule has 0 spiro atoms. The number of halogens is 6. The third kappa shape index (κ3) is 27.3. The van der Waals surface area contributed by atoms with E-state index in [1.807, 2.05) is 0 Å². The minimum atomic E-state index is -4.93. The van der Waals surface area contributed by atoms with Gasteiger partial charge < -0.3 is 42.8 Å². The number of nitrogens with one attached hydrogen (secondary N) is 1. The zero-order valence-electron chi connectivity index (χ0n) is 42.2. The SMILES string of the molecule is CCCCCCCCCCC[C@H](CC(=O)O[C@H]1[C@H](OP(=O)(Oc2ccccc2)Oc2ccccc2)[C@@H](COC(=O)OC(C)(C)C(Cl)(Cl)Cl)O[CH][C@H]1NC(=O)OCC(Cl)(Cl)Cl)OC(=O)CCCCCCCCCC. The van der Waals surface area contributed by atoms with Crippen LogP contribution >= 0.6 is 77.4 Å². The smallest absolute Gasteiger partial charge is 0.462 e. The van der Waals surface area contributed by atoms with Gasteiger partial charge in [-0.25, -0.2) is 14.2 Å². The zero-order valence-corrected chi connectivity index (χ0v) is 47.7. The van der Waals surface area contributed by atoms with E-state index in [0.717, 1.165) is 64.4 Å². The molecule has 413 valence electrons. The first kappa shape index (κ1) is 64.7. The molecule has 5 atom stereocenters. The van der Waals surface area contributed by atoms with Crippen LogP contribution in [0.15, 0.2) is 60.7 Å². The van der Waals surface area contributed by atoms with Crippen LogP contribution in [0.2, 0.25) is 0 Å². The summed E-state index contributed by atoms with van der Waals surface area (Å²) in [6.45, 7) is 6.62. The molecule has 0 bridgehead atoms. The van der Waals surface area contributed by atoms with E-state index in [0.29, 0.717) is 19.3 Å². The number of unbranched alkanes of at least 4 members (excludes halogenated alkanes) is 15. The topological polar surface area (TPSA) is 180 Å². The number of hydrogen-bond donors (Lipinski definition) is 1. The molecule has 1 aliphatic heterocycles. The van der Waals surface area contributed by atoms with E-state index in [9.17, 15) is 19.2 Å². The molecule has 1 N–H and O–H groups in total. The van der Waals surface area contributed by atoms with Crippen molar-refractivity contribution in [1.29, 1.82) is 0 Å². The highest BCUT2D eigenvalue weighted by Gasteiger charge is 2.51. The third-order valence-corrected chi connectivity index (χ3v) is 14.5. The Bertz CT molecular complexity index is 1900. The van der Waals surface area contributed by atoms with Gasteiger partial charge in [-0.1, -0.05) is 216 Å². The van der Waals surface area contributed by atoms with Crippen molar-refractivity contribution in [1.82, 2.24) is 5.32 Å². The molecule has 0 unspecified atom stereocenters. The lowest BCUT2D eigenvalue weighted by Gasteiger charge is -2.41. The molecule has 1 amide bonds. The lowest BCUT2D eigenvalue weighted by atomic mass is 9.98. The minimum absolute atomic E-state index is 0.0435. The van der Waals surface area contributed by atoms with Gasteiger partial charge in [-0.3, -0.25) is 14.1 Å². The van der Waals surface area contributed by atoms with Crippen LogP contribution in [0, 0.1) is 6.61 Å². The maximum atomic E-state index is 15.1. The predicted molar refractivity (Wildman–Crippen MR) is 285 cm³/mol. The first-order valence-corrected chi connectivity index (χ1v) is 28.9. The number of alkyl halides is 6. The fraction of sp³-hybridized carbons (Fsp3) is 0.667. The van der Waals surface area contributed by atoms with Crippen LogP contribution in [-0.2, 0) is 47.1 Å². The second-order valence-electron chi connectivity index (χ2n) is 18.3. The molecule has 0 saturated carbocycles. The van der Waals surface area contributed by atoms with Gasteiger partial charge in [0.05, 0.1) is 6.42 Å². The summed E-state index contributed by atoms with van der Waals surface area (Å²) in [5.41, 5.74) is -1.70. The van der Waals surface area contributed by atoms with Crippen molar-refractivity contribution in [2.75, 3.05) is 13.2 Å². The fourth-order valence-electron chi connectivity index (χ4n) is 7.40. The van der Waals surface area contributed by atoms with Crippen LogP contribution in [0.25, 0.3) is 0 Å². The largest absolute Gasteiger partial charge is 0.588 e. The van der Waals surface area contributed by atoms with E-state index in [2.05, 4.69) is 19.2 Å². The van der Waals surface area contributed by atoms with Gasteiger partial charge in [0.1, 0.15) is 55.7 Å². The Kier molecular flexibility index (Phi) is 30.3. The number of alkyl carbamates (subject to hydrolysis) is 1. The number of esters is 2. The number of carbonyl (C=O) groups is 4. The summed E-state index contributed by atoms with van der Waals surface area (Å²) < 4.78 is 63.1. The zero-order chi connectivity index (χ0) is 53.8. The molecular weight excluding hydrogens is 1090 g/mol. The van der Waals surface area contributed by atoms with Gasteiger partial charge in [-0.2, -0.15) is 0 Å². The van der Waals surface area contributed by atoms with Crippen LogP contribution in [0.5, 0.6) is 11.5 Å². The molecule has 3 rings (SSSR count). The molecule has 0 aromatic heterocycles. The van der Waals surface area contributed by atoms with Gasteiger partial charge in [-0.15, -0.1) is 0 Å². The van der Waals surface area contributed by atoms with E-state index in [-0.39, 0.29) is 17.9 Å². The Morgan fingerprint density at radius 2 is 1.18 bits per heavy atom. The summed E-state index contributed by atoms with van der Waals surface area (Å²) in [4.78, 5) is 54.1. The van der Waals surface area contributed by atoms with Crippen molar-refractivity contribution in [3.8, 4) is 11.5 Å². The number of hydrogen-bond acceptors (Lipinski definition) is 14. The van der Waals surface area contributed by atoms with Gasteiger partial charge in [0.15, 0.2) is 11.7 Å². The molecule has 1 saturated heterocycles. The highest BCUT2D eigenvalue weighted by Crippen LogP contribution is 2.52. The lowest BCUT2D eigenvalue weighted by Crippen LogP contribution is -2.60. The fourth-order valence-corrected chi connectivity index (χ4v) is 9.11. The normalized spacial score (nSPS) is 17.7. The van der Waals surface area contributed by atoms with Crippen LogP contribution in [0.4, 0.5) is 9.59 Å². The average Bonchev–Trinajstić information content (AvgIpc) is 3.31. The van der Waals surface area contributed by atoms with Crippen molar-refractivity contribution in [2.24, 2.45) is 0 Å². The Hall–Kier alpha value is -2.59. The van der Waals surface area contributed by atoms with Gasteiger partial charge >= 0.3 is 32.0 Å². The molecule has 0 aliphatic carbocycles. The summed E-state index contributed by atoms with van der Waals surface area (Å²) in [5.74, 6) is -1.28. The van der Waals surface area contributed by atoms with Crippen LogP contribution < -0.4 is 14.4 Å². The maximum Gasteiger partial charge on any atom is 0.588 e. The van der Waals surface area contributed by atoms with E-state index < -0.39 is 95.3 Å². The molecule has 15 nitrogen and oxygen atoms in total. The molecule has 73 heavy (non-hydrogen) atoms. The van der Waals surface area contributed by atoms with Gasteiger partial charge in [-0.05, 0) is 57.4 Å². The van der Waals surface area contributed by atoms with Gasteiger partial charge in [0.25, 0.3) is 0 Å². The summed E-state index contributed by atoms with van der Waals surface area (Å²) in [6.07, 6.45) is 9.44. The Morgan fingerprint density at radius 3 is 1.68 bits per heavy atom. The van der Waals surface area contributed by atoms with E-state index in [1.165, 1.54) is 76.6 Å². The second kappa shape index (κ2) is 34.2. The standard InChI is InChI=1S/C51H73Cl6NO14P/c1-5-7-9-11-13-15-16-18-22-32-40(67-43(59)33-27-19-17-14-12-10-8-6-2)34-44(60)68-45-41(58-47(61)66-37-50(52,53)54)35-64-42(36-65-48(62)69-49(3,4)51(55,56)57)46(45)72-73(63,70-38-28-23-20-24-29-38)71-39-30-25-21-26-31-39/h20-21,23-26,28-31,35,40-42,45-46H,5-19,22,27,32-34,36-37H2,1-4H3,(H,58,61)/t40-,41-,42-,45-,46-/m1/s1. The molecule has 2 aromatic rings. The molecule has 1 radical (unpaired) electrons. The van der Waals surface area contributed by atoms with Crippen LogP contribution in [0.3, 0.4) is 0 Å². The van der Waals surface area contributed by atoms with E-state index >= 15 is 4.57 Å². The first-order chi connectivity index (χ1) is 34.6. The molecular formula is C51H73Cl6NO14P. The average molecular weight is 1170 g/mol. The number of ether oxygens (including phenoxy) is 6. The Balaban J connectivity index is 2.00. The number of carbonyl (C=O) groups excluding carboxylic acids is 4. The quantitative estimate of drug-likeness (QED) is 0.0230. The Labute approximate surface area is 461 Å². The van der Waals surface area contributed by atoms with E-state index in [1.54, 1.807) is 36.4 Å². The first-order valence-electron chi connectivity index (χ1n) is 25.2. The van der Waals surface area contributed by atoms with Crippen molar-refractivity contribution in [3.63, 3.8) is 0 Å². The highest BCUT2D eigenvalue weighted by atomic mass is 35.6. The number of amides is 1. The highest BCUT2D eigenvalue weighted by molar-refractivity contribution is 7.49. The summed E-state index contributed by atoms with van der Waals surface area (Å²) in [6, 6.07) is 14.3. The van der Waals surface area contributed by atoms with Gasteiger partial charge in [0.2, 0.25) is 7.59 Å². The van der Waals surface area contributed by atoms with Crippen molar-refractivity contribution in [3.05, 3.63) is 67.3 Å². The number of phosphoric acid groups is 1. The number of benzene rings is 2. The van der Waals surface area contributed by atoms with Crippen LogP contribution in [0.1, 0.15) is 156 Å². The summed E-state index contributed by atoms with van der Waals surface area (Å²) >= 11 is 35.7. The number of para-hydroxylation sites is 2. The van der Waals surface area contributed by atoms with Gasteiger partial charge in [0, 0.05) is 6.42 Å². The molecule has 1 aliphatic rings.